The fraction of sp³-hybridized carbons (Fsp3) is 1.00. The van der Waals surface area contributed by atoms with Gasteiger partial charge in [0, 0.05) is 0 Å². The fourth-order valence-corrected chi connectivity index (χ4v) is 0. The summed E-state index contributed by atoms with van der Waals surface area (Å²) >= 11 is 0. The van der Waals surface area contributed by atoms with Crippen molar-refractivity contribution >= 4 is 0 Å². The number of hydrogen-bond acceptors (Lipinski definition) is 11. The van der Waals surface area contributed by atoms with E-state index in [0.717, 1.165) is 16.0 Å². The van der Waals surface area contributed by atoms with Gasteiger partial charge < -0.3 is 47.0 Å². The zero-order chi connectivity index (χ0) is 14.2. The smallest absolute Gasteiger partial charge is 0.679 e. The summed E-state index contributed by atoms with van der Waals surface area (Å²) in [6.07, 6.45) is 0. The number of nitrogens with zero attached hydrogens (tertiary/aromatic N) is 4. The molecule has 0 rings (SSSR count). The Kier molecular flexibility index (Phi) is 298. The Morgan fingerprint density at radius 3 is 0.882 bits per heavy atom. The summed E-state index contributed by atoms with van der Waals surface area (Å²) in [5, 5.41) is 34.9. The predicted octanol–water partition coefficient (Wildman–Crippen LogP) is 1.98. The summed E-state index contributed by atoms with van der Waals surface area (Å²) in [5.74, 6) is 0. The third-order valence-corrected chi connectivity index (χ3v) is 0.125. The van der Waals surface area contributed by atoms with Crippen molar-refractivity contribution in [3.63, 3.8) is 0 Å². The molecule has 0 aliphatic rings. The van der Waals surface area contributed by atoms with Gasteiger partial charge in [-0.05, 0) is 0 Å². The molecule has 0 fully saturated rings. The molecule has 0 spiro atoms. The van der Waals surface area contributed by atoms with E-state index in [1.165, 1.54) is 5.34 Å². The van der Waals surface area contributed by atoms with E-state index in [2.05, 4.69) is 0 Å². The van der Waals surface area contributed by atoms with Crippen LogP contribution in [0.3, 0.4) is 0 Å². The Balaban J connectivity index is -0.0000000221. The van der Waals surface area contributed by atoms with Crippen molar-refractivity contribution in [2.75, 3.05) is 13.1 Å². The summed E-state index contributed by atoms with van der Waals surface area (Å²) in [4.78, 5) is 32.1. The molecule has 0 bridgehead atoms. The largest absolute Gasteiger partial charge is 2.00 e. The van der Waals surface area contributed by atoms with Crippen molar-refractivity contribution < 1.29 is 26.3 Å². The minimum atomic E-state index is 0. The van der Waals surface area contributed by atoms with Gasteiger partial charge in [0.2, 0.25) is 0 Å². The molecule has 0 aliphatic carbocycles. The molecule has 0 saturated heterocycles. The van der Waals surface area contributed by atoms with Crippen LogP contribution in [-0.2, 0) is 21.1 Å². The fourth-order valence-electron chi connectivity index (χ4n) is 0. The van der Waals surface area contributed by atoms with Crippen LogP contribution in [0.2, 0.25) is 0 Å². The summed E-state index contributed by atoms with van der Waals surface area (Å²) in [6, 6.07) is 0. The molecule has 0 saturated carbocycles. The maximum Gasteiger partial charge on any atom is 2.00 e. The molecule has 17 heavy (non-hydrogen) atoms. The SMILES string of the molecule is O=NO.O=N[O-].O=N[O-].O=N[O-].[NH-]CC[NH-].[Pt+2]. The molecule has 0 unspecified atom stereocenters. The molecule has 3 N–H and O–H groups in total. The van der Waals surface area contributed by atoms with Crippen LogP contribution >= 0.6 is 0 Å². The zero-order valence-corrected chi connectivity index (χ0v) is 10.1. The van der Waals surface area contributed by atoms with Crippen LogP contribution in [0.15, 0.2) is 21.4 Å². The minimum Gasteiger partial charge on any atom is -0.679 e. The maximum absolute atomic E-state index is 8.11. The third kappa shape index (κ3) is 3380. The second kappa shape index (κ2) is 140. The number of nitrogens with one attached hydrogen (secondary N) is 2. The molecule has 0 aromatic heterocycles. The minimum absolute atomic E-state index is 0. The van der Waals surface area contributed by atoms with E-state index in [1.54, 1.807) is 0 Å². The van der Waals surface area contributed by atoms with Gasteiger partial charge in [-0.25, -0.2) is 0 Å². The van der Waals surface area contributed by atoms with Crippen molar-refractivity contribution in [2.45, 2.75) is 0 Å². The van der Waals surface area contributed by atoms with Crippen LogP contribution in [0.4, 0.5) is 0 Å². The van der Waals surface area contributed by atoms with Gasteiger partial charge in [0.05, 0.1) is 0 Å². The van der Waals surface area contributed by atoms with Crippen LogP contribution in [0.5, 0.6) is 0 Å². The van der Waals surface area contributed by atoms with Crippen molar-refractivity contribution in [1.29, 1.82) is 0 Å². The van der Waals surface area contributed by atoms with Crippen LogP contribution in [-0.4, -0.2) is 18.3 Å². The third-order valence-electron chi connectivity index (χ3n) is 0.125. The van der Waals surface area contributed by atoms with E-state index >= 15 is 0 Å². The first-order valence-electron chi connectivity index (χ1n) is 2.69. The van der Waals surface area contributed by atoms with Gasteiger partial charge in [-0.2, -0.15) is 13.1 Å². The first kappa shape index (κ1) is 36.2. The van der Waals surface area contributed by atoms with Crippen LogP contribution in [0.1, 0.15) is 0 Å². The van der Waals surface area contributed by atoms with E-state index < -0.39 is 0 Å². The molecule has 0 atom stereocenters. The molecule has 14 nitrogen and oxygen atoms in total. The van der Waals surface area contributed by atoms with Crippen molar-refractivity contribution in [2.24, 2.45) is 21.4 Å². The predicted molar refractivity (Wildman–Crippen MR) is 53.4 cm³/mol. The zero-order valence-electron chi connectivity index (χ0n) is 7.82. The summed E-state index contributed by atoms with van der Waals surface area (Å²) < 4.78 is 0. The van der Waals surface area contributed by atoms with E-state index in [1.807, 2.05) is 0 Å². The molecular formula is C2H7N6O8Pt-3. The van der Waals surface area contributed by atoms with Gasteiger partial charge in [0.1, 0.15) is 0 Å². The summed E-state index contributed by atoms with van der Waals surface area (Å²) in [6.45, 7) is 0.472. The van der Waals surface area contributed by atoms with Crippen molar-refractivity contribution in [3.05, 3.63) is 46.7 Å². The maximum atomic E-state index is 8.11. The van der Waals surface area contributed by atoms with E-state index in [0.29, 0.717) is 0 Å². The van der Waals surface area contributed by atoms with Crippen LogP contribution < -0.4 is 0 Å². The normalized spacial score (nSPS) is 4.59. The van der Waals surface area contributed by atoms with Gasteiger partial charge in [0.25, 0.3) is 0 Å². The van der Waals surface area contributed by atoms with Crippen LogP contribution in [0.25, 0.3) is 11.5 Å². The Morgan fingerprint density at radius 1 is 0.824 bits per heavy atom. The second-order valence-corrected chi connectivity index (χ2v) is 0.805. The van der Waals surface area contributed by atoms with E-state index in [4.69, 9.17) is 51.9 Å². The van der Waals surface area contributed by atoms with E-state index in [-0.39, 0.29) is 34.2 Å². The van der Waals surface area contributed by atoms with E-state index in [9.17, 15) is 0 Å². The van der Waals surface area contributed by atoms with Gasteiger partial charge in [0.15, 0.2) is 5.34 Å². The Hall–Kier alpha value is -1.79. The summed E-state index contributed by atoms with van der Waals surface area (Å²) in [5.41, 5.74) is 12.5. The average molecular weight is 438 g/mol. The Bertz CT molecular complexity index is 101. The number of rotatable bonds is 1. The van der Waals surface area contributed by atoms with Gasteiger partial charge in [-0.1, -0.05) is 0 Å². The van der Waals surface area contributed by atoms with Gasteiger partial charge in [-0.3, -0.25) is 0 Å². The quantitative estimate of drug-likeness (QED) is 0.466. The molecule has 15 heteroatoms. The standard InChI is InChI=1S/C2H6N2.4HNO2.Pt/c3-1-2-4;4*2-1-3;/h3-4H,1-2H2;4*(H,2,3);/q-2;;;;;+2/p-3. The molecule has 0 aliphatic heterocycles. The Morgan fingerprint density at radius 2 is 0.882 bits per heavy atom. The average Bonchev–Trinajstić information content (AvgIpc) is 2.22. The van der Waals surface area contributed by atoms with Crippen molar-refractivity contribution in [3.8, 4) is 0 Å². The Labute approximate surface area is 108 Å². The first-order valence-corrected chi connectivity index (χ1v) is 2.69. The molecule has 0 aromatic rings. The molecule has 0 radical (unpaired) electrons. The molecule has 0 amide bonds. The van der Waals surface area contributed by atoms with Gasteiger partial charge >= 0.3 is 21.1 Å². The van der Waals surface area contributed by atoms with Crippen LogP contribution in [0, 0.1) is 35.3 Å². The van der Waals surface area contributed by atoms with Crippen molar-refractivity contribution in [1.82, 2.24) is 0 Å². The monoisotopic (exact) mass is 438 g/mol. The molecule has 0 aromatic carbocycles. The topological polar surface area (TPSA) is 255 Å². The molecule has 0 heterocycles. The molecular weight excluding hydrogens is 431 g/mol. The number of hydrogen-bond donors (Lipinski definition) is 1. The second-order valence-electron chi connectivity index (χ2n) is 0.805. The van der Waals surface area contributed by atoms with Gasteiger partial charge in [-0.15, -0.1) is 20.9 Å². The summed E-state index contributed by atoms with van der Waals surface area (Å²) in [7, 11) is 0. The first-order chi connectivity index (χ1) is 7.57. The molecule has 106 valence electrons.